The number of carbonyl (C=O) groups excluding carboxylic acids is 2. The van der Waals surface area contributed by atoms with Crippen LogP contribution in [0.15, 0.2) is 29.2 Å². The molecule has 2 heterocycles. The predicted molar refractivity (Wildman–Crippen MR) is 106 cm³/mol. The lowest BCUT2D eigenvalue weighted by Crippen LogP contribution is -2.49. The molecular formula is C20H28FN3O4S. The molecule has 7 nitrogen and oxygen atoms in total. The highest BCUT2D eigenvalue weighted by Crippen LogP contribution is 2.27. The van der Waals surface area contributed by atoms with Gasteiger partial charge in [-0.05, 0) is 56.9 Å². The molecule has 2 fully saturated rings. The second kappa shape index (κ2) is 9.21. The van der Waals surface area contributed by atoms with Crippen LogP contribution in [0.3, 0.4) is 0 Å². The maximum atomic E-state index is 13.1. The standard InChI is InChI=1S/C20H28FN3O4S/c1-2-22-19(25)16-4-3-11-23(14-16)20(26)15-9-12-24(13-10-15)29(27,28)18-7-5-17(21)6-8-18/h5-8,15-16H,2-4,9-14H2,1H3,(H,22,25). The summed E-state index contributed by atoms with van der Waals surface area (Å²) in [7, 11) is -3.69. The summed E-state index contributed by atoms with van der Waals surface area (Å²) in [6, 6.07) is 4.78. The van der Waals surface area contributed by atoms with Gasteiger partial charge in [-0.2, -0.15) is 4.31 Å². The van der Waals surface area contributed by atoms with Crippen molar-refractivity contribution in [3.8, 4) is 0 Å². The fourth-order valence-corrected chi connectivity index (χ4v) is 5.54. The SMILES string of the molecule is CCNC(=O)C1CCCN(C(=O)C2CCN(S(=O)(=O)c3ccc(F)cc3)CC2)C1. The normalized spacial score (nSPS) is 21.7. The Bertz CT molecular complexity index is 836. The van der Waals surface area contributed by atoms with Gasteiger partial charge in [-0.3, -0.25) is 9.59 Å². The fourth-order valence-electron chi connectivity index (χ4n) is 4.07. The first-order chi connectivity index (χ1) is 13.8. The molecule has 0 aliphatic carbocycles. The zero-order valence-electron chi connectivity index (χ0n) is 16.6. The average molecular weight is 426 g/mol. The lowest BCUT2D eigenvalue weighted by Gasteiger charge is -2.37. The molecule has 2 saturated heterocycles. The number of rotatable bonds is 5. The predicted octanol–water partition coefficient (Wildman–Crippen LogP) is 1.60. The van der Waals surface area contributed by atoms with Gasteiger partial charge in [0.15, 0.2) is 0 Å². The average Bonchev–Trinajstić information content (AvgIpc) is 2.74. The summed E-state index contributed by atoms with van der Waals surface area (Å²) in [5.74, 6) is -0.891. The molecule has 0 radical (unpaired) electrons. The van der Waals surface area contributed by atoms with E-state index in [9.17, 15) is 22.4 Å². The zero-order valence-corrected chi connectivity index (χ0v) is 17.5. The molecule has 2 aliphatic heterocycles. The minimum Gasteiger partial charge on any atom is -0.356 e. The highest BCUT2D eigenvalue weighted by molar-refractivity contribution is 7.89. The Balaban J connectivity index is 1.58. The quantitative estimate of drug-likeness (QED) is 0.776. The number of piperidine rings is 2. The van der Waals surface area contributed by atoms with Crippen LogP contribution < -0.4 is 5.32 Å². The first-order valence-corrected chi connectivity index (χ1v) is 11.6. The van der Waals surface area contributed by atoms with E-state index in [1.165, 1.54) is 16.4 Å². The molecule has 2 amide bonds. The second-order valence-corrected chi connectivity index (χ2v) is 9.59. The molecule has 160 valence electrons. The number of nitrogens with zero attached hydrogens (tertiary/aromatic N) is 2. The molecule has 1 aromatic carbocycles. The largest absolute Gasteiger partial charge is 0.356 e. The van der Waals surface area contributed by atoms with Gasteiger partial charge >= 0.3 is 0 Å². The van der Waals surface area contributed by atoms with Crippen molar-refractivity contribution in [2.45, 2.75) is 37.5 Å². The van der Waals surface area contributed by atoms with E-state index < -0.39 is 15.8 Å². The second-order valence-electron chi connectivity index (χ2n) is 7.65. The first-order valence-electron chi connectivity index (χ1n) is 10.1. The van der Waals surface area contributed by atoms with Crippen LogP contribution in [0.4, 0.5) is 4.39 Å². The van der Waals surface area contributed by atoms with Crippen LogP contribution in [0.2, 0.25) is 0 Å². The molecule has 9 heteroatoms. The number of likely N-dealkylation sites (tertiary alicyclic amines) is 1. The van der Waals surface area contributed by atoms with Crippen molar-refractivity contribution in [3.05, 3.63) is 30.1 Å². The summed E-state index contributed by atoms with van der Waals surface area (Å²) in [6.45, 7) is 4.02. The summed E-state index contributed by atoms with van der Waals surface area (Å²) in [6.07, 6.45) is 2.47. The number of amides is 2. The van der Waals surface area contributed by atoms with E-state index in [2.05, 4.69) is 5.32 Å². The lowest BCUT2D eigenvalue weighted by atomic mass is 9.92. The van der Waals surface area contributed by atoms with Gasteiger partial charge in [0.2, 0.25) is 21.8 Å². The van der Waals surface area contributed by atoms with Gasteiger partial charge < -0.3 is 10.2 Å². The van der Waals surface area contributed by atoms with Gasteiger partial charge in [-0.25, -0.2) is 12.8 Å². The molecule has 0 saturated carbocycles. The van der Waals surface area contributed by atoms with Crippen LogP contribution in [0, 0.1) is 17.7 Å². The number of hydrogen-bond donors (Lipinski definition) is 1. The first kappa shape index (κ1) is 21.7. The van der Waals surface area contributed by atoms with E-state index in [1.807, 2.05) is 6.92 Å². The van der Waals surface area contributed by atoms with Gasteiger partial charge in [-0.1, -0.05) is 0 Å². The number of carbonyl (C=O) groups is 2. The van der Waals surface area contributed by atoms with Crippen LogP contribution >= 0.6 is 0 Å². The summed E-state index contributed by atoms with van der Waals surface area (Å²) in [5.41, 5.74) is 0. The highest BCUT2D eigenvalue weighted by atomic mass is 32.2. The van der Waals surface area contributed by atoms with Crippen LogP contribution in [0.1, 0.15) is 32.6 Å². The Kier molecular flexibility index (Phi) is 6.89. The van der Waals surface area contributed by atoms with Crippen molar-refractivity contribution in [3.63, 3.8) is 0 Å². The Morgan fingerprint density at radius 3 is 2.34 bits per heavy atom. The summed E-state index contributed by atoms with van der Waals surface area (Å²) in [5, 5.41) is 2.82. The minimum atomic E-state index is -3.69. The van der Waals surface area contributed by atoms with Crippen molar-refractivity contribution in [2.75, 3.05) is 32.7 Å². The van der Waals surface area contributed by atoms with Crippen molar-refractivity contribution in [1.82, 2.24) is 14.5 Å². The van der Waals surface area contributed by atoms with Crippen molar-refractivity contribution < 1.29 is 22.4 Å². The number of benzene rings is 1. The van der Waals surface area contributed by atoms with Crippen molar-refractivity contribution in [1.29, 1.82) is 0 Å². The van der Waals surface area contributed by atoms with Gasteiger partial charge in [0.05, 0.1) is 10.8 Å². The van der Waals surface area contributed by atoms with Gasteiger partial charge in [0, 0.05) is 38.6 Å². The minimum absolute atomic E-state index is 0.00906. The molecule has 1 unspecified atom stereocenters. The number of nitrogens with one attached hydrogen (secondary N) is 1. The Morgan fingerprint density at radius 2 is 1.72 bits per heavy atom. The zero-order chi connectivity index (χ0) is 21.0. The van der Waals surface area contributed by atoms with Crippen LogP contribution in [-0.4, -0.2) is 62.2 Å². The van der Waals surface area contributed by atoms with E-state index in [-0.39, 0.29) is 41.6 Å². The third-order valence-corrected chi connectivity index (χ3v) is 7.62. The van der Waals surface area contributed by atoms with E-state index in [4.69, 9.17) is 0 Å². The van der Waals surface area contributed by atoms with E-state index >= 15 is 0 Å². The molecule has 1 N–H and O–H groups in total. The fraction of sp³-hybridized carbons (Fsp3) is 0.600. The molecule has 1 atom stereocenters. The smallest absolute Gasteiger partial charge is 0.243 e. The monoisotopic (exact) mass is 425 g/mol. The third-order valence-electron chi connectivity index (χ3n) is 5.71. The summed E-state index contributed by atoms with van der Waals surface area (Å²) >= 11 is 0. The molecule has 0 bridgehead atoms. The Hall–Kier alpha value is -2.00. The molecule has 0 aromatic heterocycles. The molecule has 3 rings (SSSR count). The maximum Gasteiger partial charge on any atom is 0.243 e. The van der Waals surface area contributed by atoms with Crippen LogP contribution in [-0.2, 0) is 19.6 Å². The summed E-state index contributed by atoms with van der Waals surface area (Å²) < 4.78 is 39.9. The summed E-state index contributed by atoms with van der Waals surface area (Å²) in [4.78, 5) is 26.9. The topological polar surface area (TPSA) is 86.8 Å². The van der Waals surface area contributed by atoms with Crippen molar-refractivity contribution >= 4 is 21.8 Å². The maximum absolute atomic E-state index is 13.1. The van der Waals surface area contributed by atoms with Gasteiger partial charge in [0.1, 0.15) is 5.82 Å². The number of halogens is 1. The lowest BCUT2D eigenvalue weighted by molar-refractivity contribution is -0.140. The Morgan fingerprint density at radius 1 is 1.07 bits per heavy atom. The number of hydrogen-bond acceptors (Lipinski definition) is 4. The Labute approximate surface area is 171 Å². The molecule has 2 aliphatic rings. The number of sulfonamides is 1. The highest BCUT2D eigenvalue weighted by Gasteiger charge is 2.36. The van der Waals surface area contributed by atoms with Crippen LogP contribution in [0.25, 0.3) is 0 Å². The van der Waals surface area contributed by atoms with Gasteiger partial charge in [-0.15, -0.1) is 0 Å². The van der Waals surface area contributed by atoms with E-state index in [1.54, 1.807) is 4.90 Å². The van der Waals surface area contributed by atoms with Crippen LogP contribution in [0.5, 0.6) is 0 Å². The third kappa shape index (κ3) is 4.95. The van der Waals surface area contributed by atoms with Crippen molar-refractivity contribution in [2.24, 2.45) is 11.8 Å². The van der Waals surface area contributed by atoms with E-state index in [0.717, 1.165) is 25.0 Å². The molecule has 1 aromatic rings. The molecular weight excluding hydrogens is 397 g/mol. The molecule has 0 spiro atoms. The molecule has 29 heavy (non-hydrogen) atoms. The van der Waals surface area contributed by atoms with Gasteiger partial charge in [0.25, 0.3) is 0 Å². The van der Waals surface area contributed by atoms with E-state index in [0.29, 0.717) is 32.5 Å².